The van der Waals surface area contributed by atoms with E-state index < -0.39 is 6.10 Å². The fourth-order valence-electron chi connectivity index (χ4n) is 2.43. The number of likely N-dealkylation sites (N-methyl/N-ethyl adjacent to an activating group) is 1. The Morgan fingerprint density at radius 1 is 1.58 bits per heavy atom. The van der Waals surface area contributed by atoms with Crippen LogP contribution in [0.4, 0.5) is 5.69 Å². The largest absolute Gasteiger partial charge is 0.391 e. The Balaban J connectivity index is 2.15. The predicted molar refractivity (Wildman–Crippen MR) is 72.5 cm³/mol. The van der Waals surface area contributed by atoms with Crippen LogP contribution in [0.25, 0.3) is 0 Å². The summed E-state index contributed by atoms with van der Waals surface area (Å²) in [6.07, 6.45) is 3.71. The first-order chi connectivity index (χ1) is 9.13. The fourth-order valence-corrected chi connectivity index (χ4v) is 2.43. The molecular formula is C13H21N3O3. The van der Waals surface area contributed by atoms with Crippen molar-refractivity contribution in [2.24, 2.45) is 0 Å². The van der Waals surface area contributed by atoms with Crippen molar-refractivity contribution in [3.63, 3.8) is 0 Å². The molecule has 0 saturated heterocycles. The molecule has 1 saturated carbocycles. The molecule has 1 aliphatic carbocycles. The van der Waals surface area contributed by atoms with Crippen molar-refractivity contribution in [1.29, 1.82) is 0 Å². The molecule has 1 aromatic heterocycles. The third-order valence-corrected chi connectivity index (χ3v) is 3.64. The third-order valence-electron chi connectivity index (χ3n) is 3.64. The molecule has 6 heteroatoms. The molecule has 0 radical (unpaired) electrons. The number of ether oxygens (including phenoxy) is 1. The molecule has 0 unspecified atom stereocenters. The maximum absolute atomic E-state index is 12.1. The van der Waals surface area contributed by atoms with Gasteiger partial charge >= 0.3 is 0 Å². The summed E-state index contributed by atoms with van der Waals surface area (Å²) in [5.74, 6) is 0. The summed E-state index contributed by atoms with van der Waals surface area (Å²) >= 11 is 0. The first kappa shape index (κ1) is 14.0. The van der Waals surface area contributed by atoms with Crippen LogP contribution in [0.2, 0.25) is 0 Å². The van der Waals surface area contributed by atoms with Crippen LogP contribution in [0.1, 0.15) is 25.3 Å². The Morgan fingerprint density at radius 3 is 2.95 bits per heavy atom. The van der Waals surface area contributed by atoms with Gasteiger partial charge in [0.1, 0.15) is 0 Å². The van der Waals surface area contributed by atoms with Crippen LogP contribution in [-0.4, -0.2) is 48.3 Å². The summed E-state index contributed by atoms with van der Waals surface area (Å²) in [4.78, 5) is 14.0. The molecule has 6 nitrogen and oxygen atoms in total. The number of rotatable bonds is 5. The minimum atomic E-state index is -0.456. The maximum atomic E-state index is 12.1. The molecule has 2 atom stereocenters. The monoisotopic (exact) mass is 267 g/mol. The molecule has 0 aliphatic heterocycles. The number of aromatic nitrogens is 2. The number of nitrogens with zero attached hydrogens (tertiary/aromatic N) is 3. The minimum Gasteiger partial charge on any atom is -0.391 e. The van der Waals surface area contributed by atoms with Gasteiger partial charge in [0.25, 0.3) is 5.56 Å². The van der Waals surface area contributed by atoms with Crippen molar-refractivity contribution in [3.8, 4) is 0 Å². The molecule has 2 rings (SSSR count). The van der Waals surface area contributed by atoms with E-state index in [2.05, 4.69) is 5.10 Å². The van der Waals surface area contributed by atoms with E-state index in [4.69, 9.17) is 4.74 Å². The maximum Gasteiger partial charge on any atom is 0.269 e. The van der Waals surface area contributed by atoms with Gasteiger partial charge in [0.05, 0.1) is 30.6 Å². The van der Waals surface area contributed by atoms with Crippen molar-refractivity contribution in [3.05, 3.63) is 22.6 Å². The average Bonchev–Trinajstić information content (AvgIpc) is 2.82. The van der Waals surface area contributed by atoms with E-state index >= 15 is 0 Å². The number of methoxy groups -OCH3 is 1. The van der Waals surface area contributed by atoms with Gasteiger partial charge in [0.15, 0.2) is 0 Å². The van der Waals surface area contributed by atoms with E-state index in [1.807, 2.05) is 11.9 Å². The zero-order chi connectivity index (χ0) is 13.8. The summed E-state index contributed by atoms with van der Waals surface area (Å²) in [5, 5.41) is 14.0. The molecular weight excluding hydrogens is 246 g/mol. The Bertz CT molecular complexity index is 474. The van der Waals surface area contributed by atoms with Gasteiger partial charge in [-0.2, -0.15) is 5.10 Å². The molecule has 1 fully saturated rings. The molecule has 106 valence electrons. The quantitative estimate of drug-likeness (QED) is 0.837. The van der Waals surface area contributed by atoms with E-state index in [9.17, 15) is 9.90 Å². The molecule has 0 spiro atoms. The lowest BCUT2D eigenvalue weighted by atomic mass is 10.2. The zero-order valence-corrected chi connectivity index (χ0v) is 11.5. The van der Waals surface area contributed by atoms with Crippen LogP contribution in [0.3, 0.4) is 0 Å². The predicted octanol–water partition coefficient (Wildman–Crippen LogP) is 0.412. The van der Waals surface area contributed by atoms with Crippen LogP contribution in [-0.2, 0) is 4.74 Å². The van der Waals surface area contributed by atoms with E-state index in [1.165, 1.54) is 4.68 Å². The van der Waals surface area contributed by atoms with Gasteiger partial charge in [-0.3, -0.25) is 4.79 Å². The van der Waals surface area contributed by atoms with Gasteiger partial charge < -0.3 is 14.7 Å². The summed E-state index contributed by atoms with van der Waals surface area (Å²) in [6.45, 7) is 1.30. The van der Waals surface area contributed by atoms with Gasteiger partial charge in [0.2, 0.25) is 0 Å². The lowest BCUT2D eigenvalue weighted by molar-refractivity contribution is 0.127. The van der Waals surface area contributed by atoms with Gasteiger partial charge in [0, 0.05) is 26.8 Å². The van der Waals surface area contributed by atoms with Crippen LogP contribution in [0, 0.1) is 0 Å². The normalized spacial score (nSPS) is 22.7. The Labute approximate surface area is 112 Å². The van der Waals surface area contributed by atoms with Crippen LogP contribution >= 0.6 is 0 Å². The number of aliphatic hydroxyl groups is 1. The smallest absolute Gasteiger partial charge is 0.269 e. The lowest BCUT2D eigenvalue weighted by Crippen LogP contribution is -2.32. The van der Waals surface area contributed by atoms with Crippen molar-refractivity contribution in [2.45, 2.75) is 31.4 Å². The minimum absolute atomic E-state index is 0.160. The summed E-state index contributed by atoms with van der Waals surface area (Å²) in [6, 6.07) is 1.39. The number of anilines is 1. The fraction of sp³-hybridized carbons (Fsp3) is 0.692. The number of hydrogen-bond acceptors (Lipinski definition) is 5. The highest BCUT2D eigenvalue weighted by Gasteiger charge is 2.28. The van der Waals surface area contributed by atoms with Crippen molar-refractivity contribution < 1.29 is 9.84 Å². The SMILES string of the molecule is COCCN(C)c1cnn([C@H]2CCC[C@@H]2O)c(=O)c1. The average molecular weight is 267 g/mol. The van der Waals surface area contributed by atoms with E-state index in [0.29, 0.717) is 13.2 Å². The highest BCUT2D eigenvalue weighted by atomic mass is 16.5. The lowest BCUT2D eigenvalue weighted by Gasteiger charge is -2.20. The Hall–Kier alpha value is -1.40. The zero-order valence-electron chi connectivity index (χ0n) is 11.5. The van der Waals surface area contributed by atoms with Gasteiger partial charge in [-0.05, 0) is 19.3 Å². The van der Waals surface area contributed by atoms with Crippen LogP contribution < -0.4 is 10.5 Å². The van der Waals surface area contributed by atoms with E-state index in [-0.39, 0.29) is 11.6 Å². The molecule has 0 amide bonds. The first-order valence-electron chi connectivity index (χ1n) is 6.60. The van der Waals surface area contributed by atoms with Gasteiger partial charge in [-0.25, -0.2) is 4.68 Å². The second kappa shape index (κ2) is 6.16. The molecule has 0 bridgehead atoms. The van der Waals surface area contributed by atoms with Gasteiger partial charge in [-0.15, -0.1) is 0 Å². The standard InChI is InChI=1S/C13H21N3O3/c1-15(6-7-19-2)10-8-13(18)16(14-9-10)11-4-3-5-12(11)17/h8-9,11-12,17H,3-7H2,1-2H3/t11-,12-/m0/s1. The summed E-state index contributed by atoms with van der Waals surface area (Å²) in [7, 11) is 3.54. The van der Waals surface area contributed by atoms with E-state index in [1.54, 1.807) is 19.4 Å². The molecule has 1 aromatic rings. The number of aliphatic hydroxyl groups excluding tert-OH is 1. The Morgan fingerprint density at radius 2 is 2.37 bits per heavy atom. The molecule has 0 aromatic carbocycles. The molecule has 1 N–H and O–H groups in total. The highest BCUT2D eigenvalue weighted by Crippen LogP contribution is 2.28. The van der Waals surface area contributed by atoms with Crippen molar-refractivity contribution >= 4 is 5.69 Å². The summed E-state index contributed by atoms with van der Waals surface area (Å²) < 4.78 is 6.41. The summed E-state index contributed by atoms with van der Waals surface area (Å²) in [5.41, 5.74) is 0.610. The van der Waals surface area contributed by atoms with Crippen molar-refractivity contribution in [1.82, 2.24) is 9.78 Å². The second-order valence-electron chi connectivity index (χ2n) is 4.98. The highest BCUT2D eigenvalue weighted by molar-refractivity contribution is 5.41. The molecule has 1 heterocycles. The van der Waals surface area contributed by atoms with Crippen LogP contribution in [0.15, 0.2) is 17.1 Å². The first-order valence-corrected chi connectivity index (χ1v) is 6.60. The topological polar surface area (TPSA) is 67.6 Å². The number of hydrogen-bond donors (Lipinski definition) is 1. The van der Waals surface area contributed by atoms with Crippen molar-refractivity contribution in [2.75, 3.05) is 32.2 Å². The third kappa shape index (κ3) is 3.13. The van der Waals surface area contributed by atoms with E-state index in [0.717, 1.165) is 24.9 Å². The molecule has 19 heavy (non-hydrogen) atoms. The molecule has 1 aliphatic rings. The Kier molecular flexibility index (Phi) is 4.55. The second-order valence-corrected chi connectivity index (χ2v) is 4.98. The van der Waals surface area contributed by atoms with Gasteiger partial charge in [-0.1, -0.05) is 0 Å². The van der Waals surface area contributed by atoms with Crippen LogP contribution in [0.5, 0.6) is 0 Å².